The van der Waals surface area contributed by atoms with Crippen LogP contribution in [0.5, 0.6) is 5.75 Å². The maximum Gasteiger partial charge on any atom is 0.326 e. The topological polar surface area (TPSA) is 58.6 Å². The Balaban J connectivity index is 2.28. The van der Waals surface area contributed by atoms with E-state index in [1.165, 1.54) is 0 Å². The number of ether oxygens (including phenoxy) is 1. The van der Waals surface area contributed by atoms with Crippen molar-refractivity contribution in [2.75, 3.05) is 11.9 Å². The van der Waals surface area contributed by atoms with Gasteiger partial charge in [-0.2, -0.15) is 0 Å². The summed E-state index contributed by atoms with van der Waals surface area (Å²) in [5.74, 6) is -0.0904. The normalized spacial score (nSPS) is 18.1. The number of carbonyl (C=O) groups is 1. The van der Waals surface area contributed by atoms with Crippen LogP contribution >= 0.6 is 0 Å². The molecule has 1 heterocycles. The molecular formula is C11H13NO3. The van der Waals surface area contributed by atoms with Gasteiger partial charge in [0.25, 0.3) is 0 Å². The van der Waals surface area contributed by atoms with Crippen molar-refractivity contribution in [3.8, 4) is 5.75 Å². The zero-order chi connectivity index (χ0) is 10.8. The highest BCUT2D eigenvalue weighted by Gasteiger charge is 2.28. The Labute approximate surface area is 87.9 Å². The van der Waals surface area contributed by atoms with Crippen molar-refractivity contribution in [2.45, 2.75) is 19.4 Å². The Kier molecular flexibility index (Phi) is 2.49. The standard InChI is InChI=1S/C11H13NO3/c1-2-15-9-5-3-4-7-6-8(11(13)14)12-10(7)9/h3-5,8,12H,2,6H2,1H3,(H,13,14). The van der Waals surface area contributed by atoms with Gasteiger partial charge in [0.1, 0.15) is 11.8 Å². The Morgan fingerprint density at radius 3 is 3.13 bits per heavy atom. The van der Waals surface area contributed by atoms with Gasteiger partial charge in [-0.3, -0.25) is 0 Å². The van der Waals surface area contributed by atoms with Gasteiger partial charge in [-0.25, -0.2) is 4.79 Å². The van der Waals surface area contributed by atoms with Gasteiger partial charge in [-0.1, -0.05) is 12.1 Å². The van der Waals surface area contributed by atoms with E-state index in [0.29, 0.717) is 13.0 Å². The van der Waals surface area contributed by atoms with Crippen molar-refractivity contribution in [2.24, 2.45) is 0 Å². The lowest BCUT2D eigenvalue weighted by Gasteiger charge is -2.09. The first kappa shape index (κ1) is 9.83. The molecule has 1 aromatic carbocycles. The molecule has 2 N–H and O–H groups in total. The van der Waals surface area contributed by atoms with Crippen molar-refractivity contribution < 1.29 is 14.6 Å². The van der Waals surface area contributed by atoms with E-state index < -0.39 is 12.0 Å². The highest BCUT2D eigenvalue weighted by atomic mass is 16.5. The number of aliphatic carboxylic acids is 1. The number of benzene rings is 1. The van der Waals surface area contributed by atoms with Gasteiger partial charge in [-0.05, 0) is 18.6 Å². The number of carboxylic acid groups (broad SMARTS) is 1. The van der Waals surface area contributed by atoms with Crippen molar-refractivity contribution in [3.63, 3.8) is 0 Å². The third-order valence-corrected chi connectivity index (χ3v) is 2.45. The molecule has 1 atom stereocenters. The smallest absolute Gasteiger partial charge is 0.326 e. The third kappa shape index (κ3) is 1.75. The van der Waals surface area contributed by atoms with Crippen molar-refractivity contribution in [1.82, 2.24) is 0 Å². The van der Waals surface area contributed by atoms with Gasteiger partial charge < -0.3 is 15.2 Å². The monoisotopic (exact) mass is 207 g/mol. The number of carboxylic acids is 1. The van der Waals surface area contributed by atoms with E-state index in [1.807, 2.05) is 25.1 Å². The van der Waals surface area contributed by atoms with Crippen LogP contribution in [0, 0.1) is 0 Å². The van der Waals surface area contributed by atoms with Gasteiger partial charge >= 0.3 is 5.97 Å². The molecule has 0 aromatic heterocycles. The molecule has 80 valence electrons. The summed E-state index contributed by atoms with van der Waals surface area (Å²) in [5, 5.41) is 11.9. The van der Waals surface area contributed by atoms with Crippen LogP contribution in [0.1, 0.15) is 12.5 Å². The predicted molar refractivity (Wildman–Crippen MR) is 56.4 cm³/mol. The fourth-order valence-corrected chi connectivity index (χ4v) is 1.78. The molecule has 0 bridgehead atoms. The number of hydrogen-bond donors (Lipinski definition) is 2. The number of anilines is 1. The number of hydrogen-bond acceptors (Lipinski definition) is 3. The van der Waals surface area contributed by atoms with E-state index in [-0.39, 0.29) is 0 Å². The molecule has 4 heteroatoms. The molecule has 0 saturated carbocycles. The molecule has 1 aliphatic rings. The average molecular weight is 207 g/mol. The molecule has 4 nitrogen and oxygen atoms in total. The van der Waals surface area contributed by atoms with Gasteiger partial charge in [-0.15, -0.1) is 0 Å². The van der Waals surface area contributed by atoms with Gasteiger partial charge in [0, 0.05) is 6.42 Å². The van der Waals surface area contributed by atoms with Crippen LogP contribution < -0.4 is 10.1 Å². The minimum atomic E-state index is -0.825. The molecule has 0 spiro atoms. The first-order valence-electron chi connectivity index (χ1n) is 4.96. The van der Waals surface area contributed by atoms with Crippen LogP contribution in [0.15, 0.2) is 18.2 Å². The van der Waals surface area contributed by atoms with E-state index in [4.69, 9.17) is 9.84 Å². The number of rotatable bonds is 3. The quantitative estimate of drug-likeness (QED) is 0.788. The minimum absolute atomic E-state index is 0.519. The summed E-state index contributed by atoms with van der Waals surface area (Å²) in [6, 6.07) is 5.13. The molecule has 1 aromatic rings. The fourth-order valence-electron chi connectivity index (χ4n) is 1.78. The van der Waals surface area contributed by atoms with Crippen LogP contribution in [-0.2, 0) is 11.2 Å². The highest BCUT2D eigenvalue weighted by Crippen LogP contribution is 2.34. The van der Waals surface area contributed by atoms with E-state index in [9.17, 15) is 4.79 Å². The van der Waals surface area contributed by atoms with Gasteiger partial charge in [0.05, 0.1) is 12.3 Å². The van der Waals surface area contributed by atoms with Gasteiger partial charge in [0.2, 0.25) is 0 Å². The molecular weight excluding hydrogens is 194 g/mol. The van der Waals surface area contributed by atoms with Crippen molar-refractivity contribution in [3.05, 3.63) is 23.8 Å². The van der Waals surface area contributed by atoms with Gasteiger partial charge in [0.15, 0.2) is 0 Å². The van der Waals surface area contributed by atoms with E-state index >= 15 is 0 Å². The molecule has 1 unspecified atom stereocenters. The third-order valence-electron chi connectivity index (χ3n) is 2.45. The summed E-state index contributed by atoms with van der Waals surface area (Å²) < 4.78 is 5.42. The molecule has 2 rings (SSSR count). The molecule has 15 heavy (non-hydrogen) atoms. The number of para-hydroxylation sites is 1. The largest absolute Gasteiger partial charge is 0.492 e. The Bertz CT molecular complexity index is 389. The van der Waals surface area contributed by atoms with Crippen molar-refractivity contribution in [1.29, 1.82) is 0 Å². The second-order valence-corrected chi connectivity index (χ2v) is 3.46. The van der Waals surface area contributed by atoms with E-state index in [1.54, 1.807) is 0 Å². The first-order chi connectivity index (χ1) is 7.22. The zero-order valence-corrected chi connectivity index (χ0v) is 8.49. The van der Waals surface area contributed by atoms with Crippen LogP contribution in [0.3, 0.4) is 0 Å². The lowest BCUT2D eigenvalue weighted by atomic mass is 10.1. The summed E-state index contributed by atoms with van der Waals surface area (Å²) in [6.07, 6.45) is 0.519. The Morgan fingerprint density at radius 1 is 1.67 bits per heavy atom. The highest BCUT2D eigenvalue weighted by molar-refractivity contribution is 5.83. The lowest BCUT2D eigenvalue weighted by molar-refractivity contribution is -0.137. The minimum Gasteiger partial charge on any atom is -0.492 e. The zero-order valence-electron chi connectivity index (χ0n) is 8.49. The molecule has 0 aliphatic carbocycles. The molecule has 0 amide bonds. The molecule has 0 saturated heterocycles. The summed E-state index contributed by atoms with van der Waals surface area (Å²) >= 11 is 0. The van der Waals surface area contributed by atoms with Crippen LogP contribution in [0.4, 0.5) is 5.69 Å². The van der Waals surface area contributed by atoms with E-state index in [2.05, 4.69) is 5.32 Å². The predicted octanol–water partition coefficient (Wildman–Crippen LogP) is 1.51. The molecule has 0 radical (unpaired) electrons. The average Bonchev–Trinajstić information content (AvgIpc) is 2.63. The summed E-state index contributed by atoms with van der Waals surface area (Å²) in [4.78, 5) is 10.8. The summed E-state index contributed by atoms with van der Waals surface area (Å²) in [7, 11) is 0. The molecule has 1 aliphatic heterocycles. The van der Waals surface area contributed by atoms with E-state index in [0.717, 1.165) is 17.0 Å². The maximum atomic E-state index is 10.8. The van der Waals surface area contributed by atoms with Crippen LogP contribution in [0.2, 0.25) is 0 Å². The first-order valence-corrected chi connectivity index (χ1v) is 4.96. The lowest BCUT2D eigenvalue weighted by Crippen LogP contribution is -2.26. The number of fused-ring (bicyclic) bond motifs is 1. The number of nitrogens with one attached hydrogen (secondary N) is 1. The van der Waals surface area contributed by atoms with Crippen LogP contribution in [-0.4, -0.2) is 23.7 Å². The summed E-state index contributed by atoms with van der Waals surface area (Å²) in [6.45, 7) is 2.49. The maximum absolute atomic E-state index is 10.8. The second-order valence-electron chi connectivity index (χ2n) is 3.46. The fraction of sp³-hybridized carbons (Fsp3) is 0.364. The van der Waals surface area contributed by atoms with Crippen molar-refractivity contribution >= 4 is 11.7 Å². The van der Waals surface area contributed by atoms with Crippen LogP contribution in [0.25, 0.3) is 0 Å². The molecule has 0 fully saturated rings. The Hall–Kier alpha value is -1.71. The SMILES string of the molecule is CCOc1cccc2c1NC(C(=O)O)C2. The Morgan fingerprint density at radius 2 is 2.47 bits per heavy atom. The second kappa shape index (κ2) is 3.81. The summed E-state index contributed by atoms with van der Waals surface area (Å²) in [5.41, 5.74) is 1.83.